The Labute approximate surface area is 95.0 Å². The molecule has 6 heteroatoms. The van der Waals surface area contributed by atoms with Crippen molar-refractivity contribution in [3.05, 3.63) is 0 Å². The van der Waals surface area contributed by atoms with Gasteiger partial charge in [0, 0.05) is 12.8 Å². The third-order valence-electron chi connectivity index (χ3n) is 2.01. The Hall–Kier alpha value is -1.14. The molecule has 0 saturated carbocycles. The smallest absolute Gasteiger partial charge is 0.222 e. The van der Waals surface area contributed by atoms with Gasteiger partial charge in [0.15, 0.2) is 0 Å². The molecule has 4 N–H and O–H groups in total. The molecule has 0 aromatic rings. The van der Waals surface area contributed by atoms with E-state index in [0.29, 0.717) is 12.8 Å². The van der Waals surface area contributed by atoms with E-state index in [1.54, 1.807) is 13.8 Å². The maximum atomic E-state index is 11.2. The van der Waals surface area contributed by atoms with Gasteiger partial charge in [-0.05, 0) is 12.8 Å². The number of amides is 2. The summed E-state index contributed by atoms with van der Waals surface area (Å²) in [5, 5.41) is 22.9. The Morgan fingerprint density at radius 2 is 1.25 bits per heavy atom. The SMILES string of the molecule is CCC(O)NC(=O)CCC(=O)NC(O)CC. The maximum absolute atomic E-state index is 11.2. The summed E-state index contributed by atoms with van der Waals surface area (Å²) in [6.07, 6.45) is -0.883. The van der Waals surface area contributed by atoms with Crippen molar-refractivity contribution < 1.29 is 19.8 Å². The molecule has 2 unspecified atom stereocenters. The van der Waals surface area contributed by atoms with E-state index in [4.69, 9.17) is 10.2 Å². The van der Waals surface area contributed by atoms with Crippen molar-refractivity contribution in [3.63, 3.8) is 0 Å². The highest BCUT2D eigenvalue weighted by molar-refractivity contribution is 5.83. The van der Waals surface area contributed by atoms with Gasteiger partial charge < -0.3 is 20.8 Å². The van der Waals surface area contributed by atoms with E-state index in [0.717, 1.165) is 0 Å². The first kappa shape index (κ1) is 14.9. The van der Waals surface area contributed by atoms with Crippen molar-refractivity contribution in [1.29, 1.82) is 0 Å². The van der Waals surface area contributed by atoms with Crippen LogP contribution >= 0.6 is 0 Å². The van der Waals surface area contributed by atoms with Gasteiger partial charge in [0.2, 0.25) is 11.8 Å². The number of nitrogens with one attached hydrogen (secondary N) is 2. The van der Waals surface area contributed by atoms with Crippen LogP contribution in [-0.4, -0.2) is 34.5 Å². The van der Waals surface area contributed by atoms with Gasteiger partial charge in [0.1, 0.15) is 12.5 Å². The van der Waals surface area contributed by atoms with Gasteiger partial charge in [-0.1, -0.05) is 13.8 Å². The molecular formula is C10H20N2O4. The van der Waals surface area contributed by atoms with Gasteiger partial charge in [-0.15, -0.1) is 0 Å². The van der Waals surface area contributed by atoms with Crippen LogP contribution in [0.25, 0.3) is 0 Å². The number of aliphatic hydroxyl groups excluding tert-OH is 2. The number of aliphatic hydroxyl groups is 2. The minimum absolute atomic E-state index is 0.000667. The molecule has 0 bridgehead atoms. The molecule has 0 saturated heterocycles. The third-order valence-corrected chi connectivity index (χ3v) is 2.01. The van der Waals surface area contributed by atoms with Crippen molar-refractivity contribution in [2.24, 2.45) is 0 Å². The topological polar surface area (TPSA) is 98.7 Å². The Morgan fingerprint density at radius 3 is 1.50 bits per heavy atom. The molecule has 0 aliphatic carbocycles. The van der Waals surface area contributed by atoms with Crippen molar-refractivity contribution in [2.75, 3.05) is 0 Å². The molecule has 0 aliphatic heterocycles. The highest BCUT2D eigenvalue weighted by atomic mass is 16.3. The number of carbonyl (C=O) groups is 2. The Balaban J connectivity index is 3.71. The fraction of sp³-hybridized carbons (Fsp3) is 0.800. The monoisotopic (exact) mass is 232 g/mol. The van der Waals surface area contributed by atoms with Crippen LogP contribution in [0.5, 0.6) is 0 Å². The van der Waals surface area contributed by atoms with Crippen LogP contribution < -0.4 is 10.6 Å². The molecule has 16 heavy (non-hydrogen) atoms. The van der Waals surface area contributed by atoms with E-state index in [9.17, 15) is 9.59 Å². The molecule has 2 amide bonds. The Kier molecular flexibility index (Phi) is 7.49. The first-order valence-electron chi connectivity index (χ1n) is 5.44. The third kappa shape index (κ3) is 7.19. The summed E-state index contributed by atoms with van der Waals surface area (Å²) in [7, 11) is 0. The van der Waals surface area contributed by atoms with Gasteiger partial charge in [0.05, 0.1) is 0 Å². The Morgan fingerprint density at radius 1 is 0.938 bits per heavy atom. The molecule has 0 heterocycles. The molecule has 94 valence electrons. The van der Waals surface area contributed by atoms with Crippen LogP contribution in [-0.2, 0) is 9.59 Å². The van der Waals surface area contributed by atoms with Crippen LogP contribution in [0.3, 0.4) is 0 Å². The Bertz CT molecular complexity index is 209. The van der Waals surface area contributed by atoms with E-state index in [-0.39, 0.29) is 24.7 Å². The lowest BCUT2D eigenvalue weighted by molar-refractivity contribution is -0.129. The van der Waals surface area contributed by atoms with Crippen LogP contribution in [0.4, 0.5) is 0 Å². The first-order chi connectivity index (χ1) is 7.49. The summed E-state index contributed by atoms with van der Waals surface area (Å²) >= 11 is 0. The van der Waals surface area contributed by atoms with E-state index in [1.165, 1.54) is 0 Å². The van der Waals surface area contributed by atoms with Crippen LogP contribution in [0, 0.1) is 0 Å². The first-order valence-corrected chi connectivity index (χ1v) is 5.44. The molecule has 2 atom stereocenters. The van der Waals surface area contributed by atoms with E-state index in [2.05, 4.69) is 10.6 Å². The van der Waals surface area contributed by atoms with E-state index in [1.807, 2.05) is 0 Å². The van der Waals surface area contributed by atoms with Crippen molar-refractivity contribution >= 4 is 11.8 Å². The second-order valence-corrected chi connectivity index (χ2v) is 3.48. The van der Waals surface area contributed by atoms with Crippen LogP contribution in [0.1, 0.15) is 39.5 Å². The molecule has 0 fully saturated rings. The number of carbonyl (C=O) groups excluding carboxylic acids is 2. The fourth-order valence-electron chi connectivity index (χ4n) is 0.947. The lowest BCUT2D eigenvalue weighted by atomic mass is 10.2. The lowest BCUT2D eigenvalue weighted by Gasteiger charge is -2.12. The summed E-state index contributed by atoms with van der Waals surface area (Å²) in [5.41, 5.74) is 0. The standard InChI is InChI=1S/C10H20N2O4/c1-3-7(13)11-9(15)5-6-10(16)12-8(14)4-2/h7-8,13-14H,3-6H2,1-2H3,(H,11,15)(H,12,16). The molecule has 0 aromatic heterocycles. The fourth-order valence-corrected chi connectivity index (χ4v) is 0.947. The van der Waals surface area contributed by atoms with Crippen molar-refractivity contribution in [1.82, 2.24) is 10.6 Å². The molecule has 0 spiro atoms. The summed E-state index contributed by atoms with van der Waals surface area (Å²) in [6, 6.07) is 0. The van der Waals surface area contributed by atoms with Crippen LogP contribution in [0.2, 0.25) is 0 Å². The predicted octanol–water partition coefficient (Wildman–Crippen LogP) is -0.544. The van der Waals surface area contributed by atoms with Gasteiger partial charge in [0.25, 0.3) is 0 Å². The molecule has 0 rings (SSSR count). The second-order valence-electron chi connectivity index (χ2n) is 3.48. The highest BCUT2D eigenvalue weighted by Crippen LogP contribution is 1.93. The normalized spacial score (nSPS) is 14.0. The molecule has 0 aromatic carbocycles. The minimum atomic E-state index is -0.864. The zero-order chi connectivity index (χ0) is 12.6. The van der Waals surface area contributed by atoms with Gasteiger partial charge in [-0.2, -0.15) is 0 Å². The highest BCUT2D eigenvalue weighted by Gasteiger charge is 2.11. The van der Waals surface area contributed by atoms with Gasteiger partial charge in [-0.25, -0.2) is 0 Å². The zero-order valence-corrected chi connectivity index (χ0v) is 9.69. The number of hydrogen-bond donors (Lipinski definition) is 4. The van der Waals surface area contributed by atoms with Gasteiger partial charge in [-0.3, -0.25) is 9.59 Å². The maximum Gasteiger partial charge on any atom is 0.222 e. The van der Waals surface area contributed by atoms with E-state index >= 15 is 0 Å². The molecule has 6 nitrogen and oxygen atoms in total. The van der Waals surface area contributed by atoms with Crippen molar-refractivity contribution in [3.8, 4) is 0 Å². The van der Waals surface area contributed by atoms with Crippen LogP contribution in [0.15, 0.2) is 0 Å². The zero-order valence-electron chi connectivity index (χ0n) is 9.69. The van der Waals surface area contributed by atoms with Crippen molar-refractivity contribution in [2.45, 2.75) is 52.0 Å². The number of hydrogen-bond acceptors (Lipinski definition) is 4. The largest absolute Gasteiger partial charge is 0.374 e. The number of rotatable bonds is 7. The summed E-state index contributed by atoms with van der Waals surface area (Å²) in [4.78, 5) is 22.3. The summed E-state index contributed by atoms with van der Waals surface area (Å²) in [5.74, 6) is -0.758. The molecule has 0 radical (unpaired) electrons. The summed E-state index contributed by atoms with van der Waals surface area (Å²) < 4.78 is 0. The molecular weight excluding hydrogens is 212 g/mol. The molecule has 0 aliphatic rings. The average Bonchev–Trinajstić information content (AvgIpc) is 2.26. The summed E-state index contributed by atoms with van der Waals surface area (Å²) in [6.45, 7) is 3.46. The lowest BCUT2D eigenvalue weighted by Crippen LogP contribution is -2.37. The average molecular weight is 232 g/mol. The second kappa shape index (κ2) is 8.06. The minimum Gasteiger partial charge on any atom is -0.374 e. The quantitative estimate of drug-likeness (QED) is 0.443. The predicted molar refractivity (Wildman–Crippen MR) is 58.1 cm³/mol. The van der Waals surface area contributed by atoms with E-state index < -0.39 is 12.5 Å². The van der Waals surface area contributed by atoms with Gasteiger partial charge >= 0.3 is 0 Å².